The highest BCUT2D eigenvalue weighted by atomic mass is 16.7. The highest BCUT2D eigenvalue weighted by Crippen LogP contribution is 2.44. The first-order chi connectivity index (χ1) is 14.0. The summed E-state index contributed by atoms with van der Waals surface area (Å²) in [5.74, 6) is 1.82. The van der Waals surface area contributed by atoms with E-state index in [9.17, 15) is 9.59 Å². The third-order valence-electron chi connectivity index (χ3n) is 5.79. The summed E-state index contributed by atoms with van der Waals surface area (Å²) >= 11 is 0. The minimum absolute atomic E-state index is 0.0399. The molecule has 0 radical (unpaired) electrons. The molecule has 1 fully saturated rings. The molecule has 2 heterocycles. The molecule has 0 spiro atoms. The molecule has 152 valence electrons. The summed E-state index contributed by atoms with van der Waals surface area (Å²) in [4.78, 5) is 27.4. The van der Waals surface area contributed by atoms with Crippen LogP contribution in [0.1, 0.15) is 38.3 Å². The van der Waals surface area contributed by atoms with Gasteiger partial charge in [0.2, 0.25) is 18.6 Å². The van der Waals surface area contributed by atoms with Crippen molar-refractivity contribution in [3.05, 3.63) is 48.0 Å². The van der Waals surface area contributed by atoms with Gasteiger partial charge in [0.15, 0.2) is 11.5 Å². The molecule has 29 heavy (non-hydrogen) atoms. The van der Waals surface area contributed by atoms with Crippen molar-refractivity contribution in [1.29, 1.82) is 0 Å². The smallest absolute Gasteiger partial charge is 0.250 e. The van der Waals surface area contributed by atoms with Gasteiger partial charge in [-0.2, -0.15) is 0 Å². The third-order valence-corrected chi connectivity index (χ3v) is 5.79. The Kier molecular flexibility index (Phi) is 4.82. The van der Waals surface area contributed by atoms with E-state index in [0.717, 1.165) is 5.56 Å². The van der Waals surface area contributed by atoms with Crippen LogP contribution in [0.2, 0.25) is 0 Å². The maximum Gasteiger partial charge on any atom is 0.250 e. The van der Waals surface area contributed by atoms with E-state index in [1.165, 1.54) is 0 Å². The largest absolute Gasteiger partial charge is 0.497 e. The molecule has 2 aromatic carbocycles. The molecular formula is C22H24N2O5. The number of hydrogen-bond donors (Lipinski definition) is 1. The van der Waals surface area contributed by atoms with Gasteiger partial charge in [-0.25, -0.2) is 0 Å². The number of β-lactam (4-membered cyclic amide) rings is 1. The zero-order valence-corrected chi connectivity index (χ0v) is 16.7. The summed E-state index contributed by atoms with van der Waals surface area (Å²) in [6.07, 6.45) is 0.854. The van der Waals surface area contributed by atoms with Gasteiger partial charge in [0.1, 0.15) is 11.3 Å². The molecule has 2 atom stereocenters. The number of rotatable bonds is 6. The number of hydrogen-bond acceptors (Lipinski definition) is 5. The Labute approximate surface area is 169 Å². The monoisotopic (exact) mass is 396 g/mol. The maximum absolute atomic E-state index is 13.2. The van der Waals surface area contributed by atoms with Gasteiger partial charge in [-0.1, -0.05) is 13.0 Å². The lowest BCUT2D eigenvalue weighted by Gasteiger charge is -2.50. The van der Waals surface area contributed by atoms with Crippen molar-refractivity contribution in [3.8, 4) is 17.2 Å². The number of benzene rings is 2. The molecular weight excluding hydrogens is 372 g/mol. The maximum atomic E-state index is 13.2. The fraction of sp³-hybridized carbons (Fsp3) is 0.364. The summed E-state index contributed by atoms with van der Waals surface area (Å²) in [5.41, 5.74) is 0.616. The predicted octanol–water partition coefficient (Wildman–Crippen LogP) is 3.50. The Bertz CT molecular complexity index is 943. The number of anilines is 1. The van der Waals surface area contributed by atoms with E-state index in [1.807, 2.05) is 32.0 Å². The molecule has 2 aliphatic rings. The number of likely N-dealkylation sites (tertiary alicyclic amines) is 1. The van der Waals surface area contributed by atoms with Crippen molar-refractivity contribution < 1.29 is 23.8 Å². The number of carbonyl (C=O) groups is 2. The van der Waals surface area contributed by atoms with E-state index in [4.69, 9.17) is 14.2 Å². The average molecular weight is 396 g/mol. The minimum Gasteiger partial charge on any atom is -0.497 e. The van der Waals surface area contributed by atoms with Gasteiger partial charge in [0.25, 0.3) is 0 Å². The number of carbonyl (C=O) groups excluding carboxylic acids is 2. The predicted molar refractivity (Wildman–Crippen MR) is 107 cm³/mol. The lowest BCUT2D eigenvalue weighted by Crippen LogP contribution is -2.63. The summed E-state index contributed by atoms with van der Waals surface area (Å²) < 4.78 is 16.0. The van der Waals surface area contributed by atoms with E-state index in [0.29, 0.717) is 35.8 Å². The molecule has 2 unspecified atom stereocenters. The van der Waals surface area contributed by atoms with Crippen LogP contribution in [0.4, 0.5) is 5.69 Å². The zero-order chi connectivity index (χ0) is 20.6. The van der Waals surface area contributed by atoms with Crippen LogP contribution >= 0.6 is 0 Å². The Morgan fingerprint density at radius 1 is 1.21 bits per heavy atom. The van der Waals surface area contributed by atoms with Crippen LogP contribution in [-0.2, 0) is 9.59 Å². The van der Waals surface area contributed by atoms with Crippen molar-refractivity contribution in [2.75, 3.05) is 19.2 Å². The molecule has 1 N–H and O–H groups in total. The van der Waals surface area contributed by atoms with E-state index in [-0.39, 0.29) is 24.6 Å². The number of nitrogens with one attached hydrogen (secondary N) is 1. The molecule has 2 aromatic rings. The summed E-state index contributed by atoms with van der Waals surface area (Å²) in [5, 5.41) is 2.94. The quantitative estimate of drug-likeness (QED) is 0.756. The van der Waals surface area contributed by atoms with Gasteiger partial charge in [-0.05, 0) is 55.3 Å². The van der Waals surface area contributed by atoms with Gasteiger partial charge in [0, 0.05) is 5.69 Å². The van der Waals surface area contributed by atoms with Crippen molar-refractivity contribution in [2.24, 2.45) is 0 Å². The van der Waals surface area contributed by atoms with Gasteiger partial charge in [0.05, 0.1) is 19.6 Å². The van der Waals surface area contributed by atoms with Crippen LogP contribution in [0, 0.1) is 0 Å². The molecule has 7 nitrogen and oxygen atoms in total. The molecule has 0 aliphatic carbocycles. The summed E-state index contributed by atoms with van der Waals surface area (Å²) in [6.45, 7) is 3.92. The second kappa shape index (κ2) is 7.31. The zero-order valence-electron chi connectivity index (χ0n) is 16.7. The van der Waals surface area contributed by atoms with Crippen LogP contribution in [0.25, 0.3) is 0 Å². The third kappa shape index (κ3) is 3.26. The van der Waals surface area contributed by atoms with Crippen molar-refractivity contribution in [2.45, 2.75) is 38.3 Å². The van der Waals surface area contributed by atoms with Crippen molar-refractivity contribution in [1.82, 2.24) is 4.90 Å². The molecule has 4 rings (SSSR count). The van der Waals surface area contributed by atoms with Crippen LogP contribution in [0.5, 0.6) is 17.2 Å². The van der Waals surface area contributed by atoms with Crippen LogP contribution in [0.15, 0.2) is 42.5 Å². The summed E-state index contributed by atoms with van der Waals surface area (Å²) in [6, 6.07) is 12.6. The Morgan fingerprint density at radius 2 is 1.93 bits per heavy atom. The van der Waals surface area contributed by atoms with Gasteiger partial charge >= 0.3 is 0 Å². The van der Waals surface area contributed by atoms with E-state index in [2.05, 4.69) is 5.32 Å². The average Bonchev–Trinajstić information content (AvgIpc) is 3.20. The molecule has 7 heteroatoms. The van der Waals surface area contributed by atoms with E-state index in [1.54, 1.807) is 36.3 Å². The normalized spacial score (nSPS) is 19.3. The fourth-order valence-electron chi connectivity index (χ4n) is 3.80. The Hall–Kier alpha value is -3.22. The van der Waals surface area contributed by atoms with E-state index < -0.39 is 5.54 Å². The highest BCUT2D eigenvalue weighted by molar-refractivity contribution is 6.01. The first-order valence-corrected chi connectivity index (χ1v) is 9.63. The van der Waals surface area contributed by atoms with Crippen molar-refractivity contribution >= 4 is 17.5 Å². The lowest BCUT2D eigenvalue weighted by atomic mass is 9.83. The van der Waals surface area contributed by atoms with Crippen LogP contribution in [-0.4, -0.2) is 36.2 Å². The van der Waals surface area contributed by atoms with Crippen LogP contribution < -0.4 is 19.5 Å². The Balaban J connectivity index is 1.56. The molecule has 0 aromatic heterocycles. The highest BCUT2D eigenvalue weighted by Gasteiger charge is 2.51. The Morgan fingerprint density at radius 3 is 2.59 bits per heavy atom. The number of nitrogens with zero attached hydrogens (tertiary/aromatic N) is 1. The number of methoxy groups -OCH3 is 1. The minimum atomic E-state index is -0.976. The second-order valence-corrected chi connectivity index (χ2v) is 7.41. The topological polar surface area (TPSA) is 77.1 Å². The van der Waals surface area contributed by atoms with Crippen LogP contribution in [0.3, 0.4) is 0 Å². The number of ether oxygens (including phenoxy) is 3. The fourth-order valence-corrected chi connectivity index (χ4v) is 3.80. The lowest BCUT2D eigenvalue weighted by molar-refractivity contribution is -0.162. The molecule has 2 amide bonds. The second-order valence-electron chi connectivity index (χ2n) is 7.41. The number of fused-ring (bicyclic) bond motifs is 1. The van der Waals surface area contributed by atoms with Gasteiger partial charge in [-0.15, -0.1) is 0 Å². The molecule has 1 saturated heterocycles. The molecule has 0 bridgehead atoms. The van der Waals surface area contributed by atoms with Gasteiger partial charge < -0.3 is 24.4 Å². The van der Waals surface area contributed by atoms with E-state index >= 15 is 0 Å². The first-order valence-electron chi connectivity index (χ1n) is 9.63. The SMILES string of the molecule is CCC(C)(C(=O)Nc1ccc(OC)cc1)N1C(=O)CC1c1ccc2c(c1)OCO2. The molecule has 0 saturated carbocycles. The first kappa shape index (κ1) is 19.1. The standard InChI is InChI=1S/C22H24N2O5/c1-4-22(2,21(26)23-15-6-8-16(27-3)9-7-15)24-17(12-20(24)25)14-5-10-18-19(11-14)29-13-28-18/h5-11,17H,4,12-13H2,1-3H3,(H,23,26). The summed E-state index contributed by atoms with van der Waals surface area (Å²) in [7, 11) is 1.59. The van der Waals surface area contributed by atoms with Crippen molar-refractivity contribution in [3.63, 3.8) is 0 Å². The number of amides is 2. The van der Waals surface area contributed by atoms with Gasteiger partial charge in [-0.3, -0.25) is 9.59 Å². The molecule has 2 aliphatic heterocycles.